The Morgan fingerprint density at radius 3 is 2.85 bits per heavy atom. The standard InChI is InChI=1S/C16H21NO3/c1-16(11-17,13-7-8-13)20-15(19)10-6-12-3-2-4-14(18)9-5-12/h3,13H,2,4-10H2,1H3. The van der Waals surface area contributed by atoms with Crippen LogP contribution in [0, 0.1) is 17.2 Å². The summed E-state index contributed by atoms with van der Waals surface area (Å²) in [6.07, 6.45) is 7.66. The van der Waals surface area contributed by atoms with Crippen LogP contribution in [0.3, 0.4) is 0 Å². The number of esters is 1. The van der Waals surface area contributed by atoms with Crippen LogP contribution < -0.4 is 0 Å². The van der Waals surface area contributed by atoms with E-state index in [-0.39, 0.29) is 11.9 Å². The van der Waals surface area contributed by atoms with Crippen LogP contribution in [0.2, 0.25) is 0 Å². The summed E-state index contributed by atoms with van der Waals surface area (Å²) in [4.78, 5) is 23.2. The second-order valence-electron chi connectivity index (χ2n) is 5.91. The molecule has 4 nitrogen and oxygen atoms in total. The van der Waals surface area contributed by atoms with Crippen molar-refractivity contribution in [2.45, 2.75) is 63.9 Å². The van der Waals surface area contributed by atoms with Gasteiger partial charge in [-0.15, -0.1) is 0 Å². The number of ketones is 1. The van der Waals surface area contributed by atoms with Crippen molar-refractivity contribution in [2.24, 2.45) is 5.92 Å². The highest BCUT2D eigenvalue weighted by molar-refractivity contribution is 5.79. The van der Waals surface area contributed by atoms with Crippen molar-refractivity contribution >= 4 is 11.8 Å². The Balaban J connectivity index is 1.79. The van der Waals surface area contributed by atoms with Crippen LogP contribution in [0.5, 0.6) is 0 Å². The predicted molar refractivity (Wildman–Crippen MR) is 73.6 cm³/mol. The van der Waals surface area contributed by atoms with E-state index in [1.807, 2.05) is 0 Å². The number of hydrogen-bond acceptors (Lipinski definition) is 4. The first kappa shape index (κ1) is 14.8. The maximum Gasteiger partial charge on any atom is 0.307 e. The molecule has 2 rings (SSSR count). The lowest BCUT2D eigenvalue weighted by Crippen LogP contribution is -2.32. The topological polar surface area (TPSA) is 67.2 Å². The summed E-state index contributed by atoms with van der Waals surface area (Å²) in [7, 11) is 0. The minimum absolute atomic E-state index is 0.200. The minimum Gasteiger partial charge on any atom is -0.444 e. The summed E-state index contributed by atoms with van der Waals surface area (Å²) in [5.41, 5.74) is 0.211. The summed E-state index contributed by atoms with van der Waals surface area (Å²) in [6.45, 7) is 1.70. The number of nitriles is 1. The molecule has 2 aliphatic carbocycles. The van der Waals surface area contributed by atoms with Crippen molar-refractivity contribution in [1.82, 2.24) is 0 Å². The molecule has 0 aromatic rings. The molecule has 108 valence electrons. The second kappa shape index (κ2) is 6.21. The molecule has 0 heterocycles. The number of allylic oxidation sites excluding steroid dienone is 2. The third-order valence-corrected chi connectivity index (χ3v) is 4.14. The minimum atomic E-state index is -0.953. The van der Waals surface area contributed by atoms with Gasteiger partial charge in [-0.3, -0.25) is 9.59 Å². The van der Waals surface area contributed by atoms with Crippen molar-refractivity contribution in [3.05, 3.63) is 11.6 Å². The van der Waals surface area contributed by atoms with E-state index < -0.39 is 5.60 Å². The molecular formula is C16H21NO3. The van der Waals surface area contributed by atoms with Gasteiger partial charge in [0, 0.05) is 25.2 Å². The molecule has 0 aliphatic heterocycles. The third kappa shape index (κ3) is 3.93. The average Bonchev–Trinajstić information content (AvgIpc) is 3.25. The van der Waals surface area contributed by atoms with E-state index in [1.165, 1.54) is 0 Å². The highest BCUT2D eigenvalue weighted by Crippen LogP contribution is 2.41. The maximum atomic E-state index is 11.9. The molecule has 1 unspecified atom stereocenters. The number of Topliss-reactive ketones (excluding diaryl/α,β-unsaturated/α-hetero) is 1. The molecule has 0 aromatic carbocycles. The molecule has 0 N–H and O–H groups in total. The Labute approximate surface area is 119 Å². The molecule has 1 atom stereocenters. The summed E-state index contributed by atoms with van der Waals surface area (Å²) in [5, 5.41) is 9.15. The van der Waals surface area contributed by atoms with Gasteiger partial charge in [0.2, 0.25) is 0 Å². The van der Waals surface area contributed by atoms with Crippen molar-refractivity contribution < 1.29 is 14.3 Å². The lowest BCUT2D eigenvalue weighted by Gasteiger charge is -2.21. The van der Waals surface area contributed by atoms with Crippen LogP contribution in [0.1, 0.15) is 58.3 Å². The molecule has 4 heteroatoms. The molecule has 1 fully saturated rings. The monoisotopic (exact) mass is 275 g/mol. The largest absolute Gasteiger partial charge is 0.444 e. The number of rotatable bonds is 5. The fourth-order valence-corrected chi connectivity index (χ4v) is 2.57. The molecule has 0 aromatic heterocycles. The summed E-state index contributed by atoms with van der Waals surface area (Å²) >= 11 is 0. The van der Waals surface area contributed by atoms with Gasteiger partial charge in [-0.2, -0.15) is 5.26 Å². The van der Waals surface area contributed by atoms with E-state index in [2.05, 4.69) is 12.1 Å². The molecular weight excluding hydrogens is 254 g/mol. The van der Waals surface area contributed by atoms with Crippen LogP contribution >= 0.6 is 0 Å². The predicted octanol–water partition coefficient (Wildman–Crippen LogP) is 3.07. The van der Waals surface area contributed by atoms with Crippen LogP contribution in [0.25, 0.3) is 0 Å². The molecule has 1 saturated carbocycles. The maximum absolute atomic E-state index is 11.9. The van der Waals surface area contributed by atoms with Gasteiger partial charge in [-0.1, -0.05) is 11.6 Å². The Morgan fingerprint density at radius 1 is 1.45 bits per heavy atom. The first-order chi connectivity index (χ1) is 9.53. The molecule has 0 bridgehead atoms. The van der Waals surface area contributed by atoms with Crippen molar-refractivity contribution in [1.29, 1.82) is 5.26 Å². The van der Waals surface area contributed by atoms with Crippen LogP contribution in [0.15, 0.2) is 11.6 Å². The van der Waals surface area contributed by atoms with Crippen molar-refractivity contribution in [3.8, 4) is 6.07 Å². The Bertz CT molecular complexity index is 471. The zero-order chi connectivity index (χ0) is 14.6. The van der Waals surface area contributed by atoms with Gasteiger partial charge in [0.25, 0.3) is 0 Å². The van der Waals surface area contributed by atoms with Gasteiger partial charge in [0.05, 0.1) is 0 Å². The Morgan fingerprint density at radius 2 is 2.20 bits per heavy atom. The van der Waals surface area contributed by atoms with E-state index in [0.717, 1.165) is 31.3 Å². The first-order valence-corrected chi connectivity index (χ1v) is 7.36. The number of carbonyl (C=O) groups excluding carboxylic acids is 2. The normalized spacial score (nSPS) is 22.2. The van der Waals surface area contributed by atoms with Gasteiger partial charge < -0.3 is 4.74 Å². The van der Waals surface area contributed by atoms with Gasteiger partial charge in [-0.05, 0) is 39.0 Å². The molecule has 0 spiro atoms. The van der Waals surface area contributed by atoms with E-state index >= 15 is 0 Å². The lowest BCUT2D eigenvalue weighted by atomic mass is 10.0. The average molecular weight is 275 g/mol. The number of nitrogens with zero attached hydrogens (tertiary/aromatic N) is 1. The smallest absolute Gasteiger partial charge is 0.307 e. The molecule has 2 aliphatic rings. The number of carbonyl (C=O) groups is 2. The lowest BCUT2D eigenvalue weighted by molar-refractivity contribution is -0.154. The van der Waals surface area contributed by atoms with Gasteiger partial charge in [-0.25, -0.2) is 0 Å². The Kier molecular flexibility index (Phi) is 4.59. The Hall–Kier alpha value is -1.63. The van der Waals surface area contributed by atoms with E-state index in [9.17, 15) is 9.59 Å². The first-order valence-electron chi connectivity index (χ1n) is 7.36. The molecule has 0 saturated heterocycles. The van der Waals surface area contributed by atoms with E-state index in [4.69, 9.17) is 10.00 Å². The highest BCUT2D eigenvalue weighted by Gasteiger charge is 2.45. The van der Waals surface area contributed by atoms with Gasteiger partial charge >= 0.3 is 5.97 Å². The van der Waals surface area contributed by atoms with Crippen LogP contribution in [-0.4, -0.2) is 17.4 Å². The van der Waals surface area contributed by atoms with Crippen LogP contribution in [-0.2, 0) is 14.3 Å². The summed E-state index contributed by atoms with van der Waals surface area (Å²) in [5.74, 6) is 0.188. The molecule has 0 amide bonds. The summed E-state index contributed by atoms with van der Waals surface area (Å²) in [6, 6.07) is 2.12. The van der Waals surface area contributed by atoms with Gasteiger partial charge in [0.15, 0.2) is 5.60 Å². The zero-order valence-electron chi connectivity index (χ0n) is 12.0. The SMILES string of the molecule is CC(C#N)(OC(=O)CCC1=CCCC(=O)CC1)C1CC1. The van der Waals surface area contributed by atoms with E-state index in [0.29, 0.717) is 31.5 Å². The number of hydrogen-bond donors (Lipinski definition) is 0. The van der Waals surface area contributed by atoms with Crippen molar-refractivity contribution in [2.75, 3.05) is 0 Å². The second-order valence-corrected chi connectivity index (χ2v) is 5.91. The zero-order valence-corrected chi connectivity index (χ0v) is 12.0. The van der Waals surface area contributed by atoms with Crippen molar-refractivity contribution in [3.63, 3.8) is 0 Å². The number of ether oxygens (including phenoxy) is 1. The highest BCUT2D eigenvalue weighted by atomic mass is 16.6. The fourth-order valence-electron chi connectivity index (χ4n) is 2.57. The quantitative estimate of drug-likeness (QED) is 0.571. The fraction of sp³-hybridized carbons (Fsp3) is 0.688. The van der Waals surface area contributed by atoms with Gasteiger partial charge in [0.1, 0.15) is 11.9 Å². The van der Waals surface area contributed by atoms with Crippen LogP contribution in [0.4, 0.5) is 0 Å². The summed E-state index contributed by atoms with van der Waals surface area (Å²) < 4.78 is 5.36. The van der Waals surface area contributed by atoms with E-state index in [1.54, 1.807) is 6.92 Å². The third-order valence-electron chi connectivity index (χ3n) is 4.14. The molecule has 0 radical (unpaired) electrons. The molecule has 20 heavy (non-hydrogen) atoms.